The van der Waals surface area contributed by atoms with Gasteiger partial charge in [-0.3, -0.25) is 9.59 Å². The summed E-state index contributed by atoms with van der Waals surface area (Å²) in [7, 11) is 0. The molecule has 0 saturated carbocycles. The van der Waals surface area contributed by atoms with Crippen LogP contribution in [0.4, 0.5) is 5.82 Å². The number of nitrogens with two attached hydrogens (primary N) is 1. The van der Waals surface area contributed by atoms with Crippen molar-refractivity contribution >= 4 is 41.2 Å². The van der Waals surface area contributed by atoms with Crippen molar-refractivity contribution in [1.29, 1.82) is 0 Å². The third-order valence-corrected chi connectivity index (χ3v) is 5.59. The summed E-state index contributed by atoms with van der Waals surface area (Å²) < 4.78 is 6.20. The molecule has 2 aromatic rings. The Hall–Kier alpha value is -2.21. The highest BCUT2D eigenvalue weighted by atomic mass is 32.2. The lowest BCUT2D eigenvalue weighted by Gasteiger charge is -2.17. The van der Waals surface area contributed by atoms with Crippen LogP contribution >= 0.6 is 23.5 Å². The first-order valence-corrected chi connectivity index (χ1v) is 10.2. The van der Waals surface area contributed by atoms with E-state index >= 15 is 0 Å². The molecule has 0 radical (unpaired) electrons. The first-order chi connectivity index (χ1) is 12.8. The Morgan fingerprint density at radius 3 is 2.59 bits per heavy atom. The molecule has 148 valence electrons. The number of amides is 2. The van der Waals surface area contributed by atoms with Crippen LogP contribution < -0.4 is 11.2 Å². The van der Waals surface area contributed by atoms with Gasteiger partial charge in [-0.05, 0) is 27.7 Å². The van der Waals surface area contributed by atoms with Gasteiger partial charge >= 0.3 is 0 Å². The Kier molecular flexibility index (Phi) is 7.54. The zero-order valence-corrected chi connectivity index (χ0v) is 17.3. The molecule has 0 fully saturated rings. The highest BCUT2D eigenvalue weighted by Gasteiger charge is 2.21. The quantitative estimate of drug-likeness (QED) is 0.462. The van der Waals surface area contributed by atoms with Crippen molar-refractivity contribution in [2.24, 2.45) is 0 Å². The molecule has 2 heterocycles. The summed E-state index contributed by atoms with van der Waals surface area (Å²) in [5.41, 5.74) is 0. The lowest BCUT2D eigenvalue weighted by Crippen LogP contribution is -2.32. The van der Waals surface area contributed by atoms with E-state index in [1.54, 1.807) is 24.8 Å². The molecule has 0 saturated heterocycles. The van der Waals surface area contributed by atoms with Crippen LogP contribution in [0.3, 0.4) is 0 Å². The zero-order chi connectivity index (χ0) is 20.0. The van der Waals surface area contributed by atoms with Crippen molar-refractivity contribution in [3.63, 3.8) is 0 Å². The van der Waals surface area contributed by atoms with Crippen LogP contribution in [-0.4, -0.2) is 60.8 Å². The van der Waals surface area contributed by atoms with Crippen LogP contribution in [-0.2, 0) is 9.59 Å². The maximum atomic E-state index is 12.2. The van der Waals surface area contributed by atoms with Gasteiger partial charge < -0.3 is 20.6 Å². The van der Waals surface area contributed by atoms with Gasteiger partial charge in [0.15, 0.2) is 5.82 Å². The van der Waals surface area contributed by atoms with Gasteiger partial charge in [-0.1, -0.05) is 28.7 Å². The first-order valence-electron chi connectivity index (χ1n) is 8.37. The van der Waals surface area contributed by atoms with Gasteiger partial charge in [-0.2, -0.15) is 0 Å². The molecule has 12 heteroatoms. The second-order valence-electron chi connectivity index (χ2n) is 5.56. The number of nitrogens with zero attached hydrogens (tertiary/aromatic N) is 5. The number of carbonyl (C=O) groups excluding carboxylic acids is 2. The number of aryl methyl sites for hydroxylation is 1. The Morgan fingerprint density at radius 2 is 2.00 bits per heavy atom. The molecule has 0 spiro atoms. The SMILES string of the molecule is CCN(CC)C(=O)CSc1nnc(S[C@H](C)C(=O)Nc2cc(C)on2)n1N. The van der Waals surface area contributed by atoms with E-state index in [0.29, 0.717) is 35.0 Å². The van der Waals surface area contributed by atoms with E-state index < -0.39 is 5.25 Å². The van der Waals surface area contributed by atoms with Crippen molar-refractivity contribution in [1.82, 2.24) is 24.9 Å². The van der Waals surface area contributed by atoms with Gasteiger partial charge in [-0.25, -0.2) is 4.68 Å². The number of rotatable bonds is 9. The van der Waals surface area contributed by atoms with E-state index in [0.717, 1.165) is 11.8 Å². The highest BCUT2D eigenvalue weighted by molar-refractivity contribution is 8.00. The van der Waals surface area contributed by atoms with E-state index in [1.807, 2.05) is 13.8 Å². The highest BCUT2D eigenvalue weighted by Crippen LogP contribution is 2.25. The van der Waals surface area contributed by atoms with Crippen molar-refractivity contribution in [3.8, 4) is 0 Å². The van der Waals surface area contributed by atoms with Crippen LogP contribution in [0.1, 0.15) is 26.5 Å². The Morgan fingerprint density at radius 1 is 1.33 bits per heavy atom. The second-order valence-corrected chi connectivity index (χ2v) is 7.81. The number of hydrogen-bond acceptors (Lipinski definition) is 9. The van der Waals surface area contributed by atoms with Gasteiger partial charge in [-0.15, -0.1) is 10.2 Å². The number of nitrogens with one attached hydrogen (secondary N) is 1. The van der Waals surface area contributed by atoms with E-state index in [9.17, 15) is 9.59 Å². The summed E-state index contributed by atoms with van der Waals surface area (Å²) in [5.74, 6) is 6.93. The number of aromatic nitrogens is 4. The normalized spacial score (nSPS) is 12.0. The Bertz CT molecular complexity index is 788. The molecule has 3 N–H and O–H groups in total. The molecular weight excluding hydrogens is 390 g/mol. The maximum Gasteiger partial charge on any atom is 0.238 e. The van der Waals surface area contributed by atoms with Crippen LogP contribution in [0.2, 0.25) is 0 Å². The predicted octanol–water partition coefficient (Wildman–Crippen LogP) is 1.37. The average molecular weight is 414 g/mol. The molecular formula is C15H23N7O3S2. The molecule has 0 aliphatic heterocycles. The fraction of sp³-hybridized carbons (Fsp3) is 0.533. The van der Waals surface area contributed by atoms with Crippen molar-refractivity contribution in [2.45, 2.75) is 43.3 Å². The van der Waals surface area contributed by atoms with Crippen molar-refractivity contribution in [3.05, 3.63) is 11.8 Å². The largest absolute Gasteiger partial charge is 0.360 e. The first kappa shape index (κ1) is 21.1. The standard InChI is InChI=1S/C15H23N7O3S2/c1-5-21(6-2)12(23)8-26-14-18-19-15(22(14)16)27-10(4)13(24)17-11-7-9(3)25-20-11/h7,10H,5-6,8,16H2,1-4H3,(H,17,20,24)/t10-/m1/s1. The minimum Gasteiger partial charge on any atom is -0.360 e. The number of anilines is 1. The van der Waals surface area contributed by atoms with E-state index in [-0.39, 0.29) is 17.6 Å². The molecule has 2 amide bonds. The Balaban J connectivity index is 1.92. The van der Waals surface area contributed by atoms with Gasteiger partial charge in [0.05, 0.1) is 11.0 Å². The molecule has 1 atom stereocenters. The topological polar surface area (TPSA) is 132 Å². The fourth-order valence-electron chi connectivity index (χ4n) is 2.10. The molecule has 0 aliphatic rings. The lowest BCUT2D eigenvalue weighted by molar-refractivity contribution is -0.128. The third kappa shape index (κ3) is 5.63. The van der Waals surface area contributed by atoms with Crippen molar-refractivity contribution in [2.75, 3.05) is 30.0 Å². The molecule has 2 aromatic heterocycles. The minimum atomic E-state index is -0.483. The second kappa shape index (κ2) is 9.65. The number of carbonyl (C=O) groups is 2. The van der Waals surface area contributed by atoms with Crippen LogP contribution in [0.25, 0.3) is 0 Å². The summed E-state index contributed by atoms with van der Waals surface area (Å²) in [5, 5.41) is 14.7. The van der Waals surface area contributed by atoms with E-state index in [4.69, 9.17) is 10.4 Å². The molecule has 10 nitrogen and oxygen atoms in total. The van der Waals surface area contributed by atoms with Gasteiger partial charge in [0.25, 0.3) is 0 Å². The van der Waals surface area contributed by atoms with E-state index in [2.05, 4.69) is 20.7 Å². The molecule has 0 aromatic carbocycles. The summed E-state index contributed by atoms with van der Waals surface area (Å²) in [6.45, 7) is 8.63. The number of hydrogen-bond donors (Lipinski definition) is 2. The van der Waals surface area contributed by atoms with Crippen LogP contribution in [0, 0.1) is 6.92 Å². The lowest BCUT2D eigenvalue weighted by atomic mass is 10.4. The maximum absolute atomic E-state index is 12.2. The average Bonchev–Trinajstić information content (AvgIpc) is 3.20. The van der Waals surface area contributed by atoms with Gasteiger partial charge in [0.2, 0.25) is 22.1 Å². The van der Waals surface area contributed by atoms with Gasteiger partial charge in [0, 0.05) is 19.2 Å². The van der Waals surface area contributed by atoms with Crippen LogP contribution in [0.5, 0.6) is 0 Å². The molecule has 2 rings (SSSR count). The smallest absolute Gasteiger partial charge is 0.238 e. The van der Waals surface area contributed by atoms with E-state index in [1.165, 1.54) is 16.4 Å². The fourth-order valence-corrected chi connectivity index (χ4v) is 3.69. The number of thioether (sulfide) groups is 2. The summed E-state index contributed by atoms with van der Waals surface area (Å²) in [4.78, 5) is 26.0. The summed E-state index contributed by atoms with van der Waals surface area (Å²) in [6.07, 6.45) is 0. The minimum absolute atomic E-state index is 0.0119. The molecule has 0 bridgehead atoms. The monoisotopic (exact) mass is 413 g/mol. The van der Waals surface area contributed by atoms with Gasteiger partial charge in [0.1, 0.15) is 5.76 Å². The molecule has 0 unspecified atom stereocenters. The zero-order valence-electron chi connectivity index (χ0n) is 15.6. The predicted molar refractivity (Wildman–Crippen MR) is 104 cm³/mol. The summed E-state index contributed by atoms with van der Waals surface area (Å²) >= 11 is 2.37. The third-order valence-electron chi connectivity index (χ3n) is 3.60. The molecule has 27 heavy (non-hydrogen) atoms. The summed E-state index contributed by atoms with van der Waals surface area (Å²) in [6, 6.07) is 1.63. The number of nitrogen functional groups attached to an aromatic ring is 1. The van der Waals surface area contributed by atoms with Crippen molar-refractivity contribution < 1.29 is 14.1 Å². The van der Waals surface area contributed by atoms with Crippen LogP contribution in [0.15, 0.2) is 20.9 Å². The Labute approximate surface area is 165 Å². The molecule has 0 aliphatic carbocycles.